The standard InChI is InChI=1S/C3H8N2O4/c4-9-5-2(1-6)3(7)8/h2,5-6H,1,4H2,(H,7,8)/t2-/m0/s1. The summed E-state index contributed by atoms with van der Waals surface area (Å²) in [7, 11) is 0. The van der Waals surface area contributed by atoms with Gasteiger partial charge in [0.1, 0.15) is 0 Å². The molecule has 0 aromatic rings. The molecule has 0 rings (SSSR count). The van der Waals surface area contributed by atoms with Gasteiger partial charge in [0.25, 0.3) is 0 Å². The van der Waals surface area contributed by atoms with E-state index in [1.54, 1.807) is 0 Å². The van der Waals surface area contributed by atoms with Crippen molar-refractivity contribution >= 4 is 5.97 Å². The average Bonchev–Trinajstić information content (AvgIpc) is 1.82. The number of nitrogens with two attached hydrogens (primary N) is 1. The fraction of sp³-hybridized carbons (Fsp3) is 0.667. The maximum absolute atomic E-state index is 9.96. The first-order valence-corrected chi connectivity index (χ1v) is 2.17. The third-order valence-corrected chi connectivity index (χ3v) is 0.691. The van der Waals surface area contributed by atoms with Gasteiger partial charge in [-0.05, 0) is 0 Å². The molecule has 1 atom stereocenters. The van der Waals surface area contributed by atoms with Crippen molar-refractivity contribution in [2.75, 3.05) is 6.61 Å². The fourth-order valence-electron chi connectivity index (χ4n) is 0.248. The van der Waals surface area contributed by atoms with Gasteiger partial charge in [-0.3, -0.25) is 4.79 Å². The summed E-state index contributed by atoms with van der Waals surface area (Å²) in [4.78, 5) is 13.7. The number of hydroxylamine groups is 1. The van der Waals surface area contributed by atoms with Crippen LogP contribution < -0.4 is 11.4 Å². The highest BCUT2D eigenvalue weighted by Crippen LogP contribution is 1.78. The average molecular weight is 136 g/mol. The third kappa shape index (κ3) is 2.98. The second-order valence-electron chi connectivity index (χ2n) is 1.31. The molecule has 54 valence electrons. The number of nitrogens with one attached hydrogen (secondary N) is 1. The fourth-order valence-corrected chi connectivity index (χ4v) is 0.248. The molecule has 5 N–H and O–H groups in total. The molecular formula is C3H8N2O4. The molecule has 0 aliphatic rings. The highest BCUT2D eigenvalue weighted by atomic mass is 16.8. The Bertz CT molecular complexity index is 95.8. The van der Waals surface area contributed by atoms with Crippen molar-refractivity contribution in [3.8, 4) is 0 Å². The normalized spacial score (nSPS) is 13.1. The van der Waals surface area contributed by atoms with Gasteiger partial charge in [0.15, 0.2) is 6.04 Å². The number of carbonyl (C=O) groups is 1. The largest absolute Gasteiger partial charge is 0.480 e. The van der Waals surface area contributed by atoms with E-state index in [4.69, 9.17) is 10.2 Å². The summed E-state index contributed by atoms with van der Waals surface area (Å²) >= 11 is 0. The van der Waals surface area contributed by atoms with E-state index in [-0.39, 0.29) is 0 Å². The van der Waals surface area contributed by atoms with E-state index in [9.17, 15) is 4.79 Å². The molecule has 6 heteroatoms. The molecule has 0 amide bonds. The molecule has 0 heterocycles. The van der Waals surface area contributed by atoms with Gasteiger partial charge in [-0.2, -0.15) is 11.4 Å². The molecule has 0 aliphatic carbocycles. The molecule has 0 unspecified atom stereocenters. The Morgan fingerprint density at radius 1 is 1.89 bits per heavy atom. The molecule has 0 saturated carbocycles. The van der Waals surface area contributed by atoms with Gasteiger partial charge in [0, 0.05) is 0 Å². The van der Waals surface area contributed by atoms with Gasteiger partial charge in [0.05, 0.1) is 6.61 Å². The monoisotopic (exact) mass is 136 g/mol. The topological polar surface area (TPSA) is 105 Å². The predicted octanol–water partition coefficient (Wildman–Crippen LogP) is -2.17. The smallest absolute Gasteiger partial charge is 0.325 e. The van der Waals surface area contributed by atoms with Crippen LogP contribution in [0.1, 0.15) is 0 Å². The van der Waals surface area contributed by atoms with E-state index >= 15 is 0 Å². The number of aliphatic carboxylic acids is 1. The lowest BCUT2D eigenvalue weighted by atomic mass is 10.3. The zero-order valence-electron chi connectivity index (χ0n) is 4.57. The van der Waals surface area contributed by atoms with Crippen LogP contribution in [0, 0.1) is 0 Å². The van der Waals surface area contributed by atoms with E-state index < -0.39 is 18.6 Å². The van der Waals surface area contributed by atoms with Crippen LogP contribution in [-0.2, 0) is 9.73 Å². The summed E-state index contributed by atoms with van der Waals surface area (Å²) in [5.41, 5.74) is 1.86. The molecule has 0 aliphatic heterocycles. The van der Waals surface area contributed by atoms with Crippen molar-refractivity contribution in [1.29, 1.82) is 0 Å². The lowest BCUT2D eigenvalue weighted by Crippen LogP contribution is -2.41. The summed E-state index contributed by atoms with van der Waals surface area (Å²) in [6.45, 7) is -0.563. The van der Waals surface area contributed by atoms with Crippen LogP contribution in [0.5, 0.6) is 0 Å². The van der Waals surface area contributed by atoms with Crippen LogP contribution in [0.25, 0.3) is 0 Å². The molecule has 0 radical (unpaired) electrons. The van der Waals surface area contributed by atoms with Crippen molar-refractivity contribution in [2.24, 2.45) is 5.90 Å². The van der Waals surface area contributed by atoms with Crippen molar-refractivity contribution in [3.63, 3.8) is 0 Å². The van der Waals surface area contributed by atoms with E-state index in [1.807, 2.05) is 5.48 Å². The minimum Gasteiger partial charge on any atom is -0.480 e. The summed E-state index contributed by atoms with van der Waals surface area (Å²) < 4.78 is 0. The second-order valence-corrected chi connectivity index (χ2v) is 1.31. The summed E-state index contributed by atoms with van der Waals surface area (Å²) in [6, 6.07) is -1.16. The first-order valence-electron chi connectivity index (χ1n) is 2.17. The quantitative estimate of drug-likeness (QED) is 0.328. The Hall–Kier alpha value is -0.690. The molecule has 0 aromatic carbocycles. The highest BCUT2D eigenvalue weighted by Gasteiger charge is 2.14. The minimum atomic E-state index is -1.22. The van der Waals surface area contributed by atoms with Crippen LogP contribution in [-0.4, -0.2) is 28.8 Å². The Balaban J connectivity index is 3.54. The maximum Gasteiger partial charge on any atom is 0.325 e. The lowest BCUT2D eigenvalue weighted by molar-refractivity contribution is -0.145. The van der Waals surface area contributed by atoms with Gasteiger partial charge in [-0.1, -0.05) is 0 Å². The molecule has 0 aromatic heterocycles. The lowest BCUT2D eigenvalue weighted by Gasteiger charge is -2.06. The zero-order valence-corrected chi connectivity index (χ0v) is 4.57. The van der Waals surface area contributed by atoms with Crippen LogP contribution in [0.2, 0.25) is 0 Å². The second kappa shape index (κ2) is 4.21. The van der Waals surface area contributed by atoms with Crippen LogP contribution in [0.4, 0.5) is 0 Å². The van der Waals surface area contributed by atoms with E-state index in [0.717, 1.165) is 0 Å². The maximum atomic E-state index is 9.96. The van der Waals surface area contributed by atoms with Crippen molar-refractivity contribution < 1.29 is 19.9 Å². The van der Waals surface area contributed by atoms with Gasteiger partial charge in [0.2, 0.25) is 0 Å². The molecule has 0 spiro atoms. The van der Waals surface area contributed by atoms with Crippen LogP contribution in [0.3, 0.4) is 0 Å². The van der Waals surface area contributed by atoms with Gasteiger partial charge in [-0.15, -0.1) is 0 Å². The first kappa shape index (κ1) is 8.31. The van der Waals surface area contributed by atoms with Gasteiger partial charge < -0.3 is 10.2 Å². The Morgan fingerprint density at radius 3 is 2.56 bits per heavy atom. The highest BCUT2D eigenvalue weighted by molar-refractivity contribution is 5.73. The predicted molar refractivity (Wildman–Crippen MR) is 26.9 cm³/mol. The zero-order chi connectivity index (χ0) is 7.28. The molecule has 0 saturated heterocycles. The number of hydrogen-bond acceptors (Lipinski definition) is 5. The van der Waals surface area contributed by atoms with Gasteiger partial charge >= 0.3 is 5.97 Å². The van der Waals surface area contributed by atoms with Crippen LogP contribution in [0.15, 0.2) is 0 Å². The number of hydrogen-bond donors (Lipinski definition) is 4. The van der Waals surface area contributed by atoms with Gasteiger partial charge in [-0.25, -0.2) is 4.94 Å². The summed E-state index contributed by atoms with van der Waals surface area (Å²) in [5, 5.41) is 16.4. The summed E-state index contributed by atoms with van der Waals surface area (Å²) in [6.07, 6.45) is 0. The Morgan fingerprint density at radius 2 is 2.44 bits per heavy atom. The number of carboxylic acids is 1. The first-order chi connectivity index (χ1) is 4.22. The molecular weight excluding hydrogens is 128 g/mol. The van der Waals surface area contributed by atoms with Crippen LogP contribution >= 0.6 is 0 Å². The minimum absolute atomic E-state index is 0.563. The summed E-state index contributed by atoms with van der Waals surface area (Å²) in [5.74, 6) is 3.24. The van der Waals surface area contributed by atoms with Crippen molar-refractivity contribution in [1.82, 2.24) is 5.48 Å². The van der Waals surface area contributed by atoms with Crippen molar-refractivity contribution in [3.05, 3.63) is 0 Å². The van der Waals surface area contributed by atoms with E-state index in [2.05, 4.69) is 10.8 Å². The van der Waals surface area contributed by atoms with E-state index in [1.165, 1.54) is 0 Å². The van der Waals surface area contributed by atoms with Crippen molar-refractivity contribution in [2.45, 2.75) is 6.04 Å². The SMILES string of the molecule is NON[C@@H](CO)C(=O)O. The molecule has 6 nitrogen and oxygen atoms in total. The number of aliphatic hydroxyl groups excluding tert-OH is 1. The molecule has 0 bridgehead atoms. The molecule has 9 heavy (non-hydrogen) atoms. The number of carboxylic acid groups (broad SMARTS) is 1. The molecule has 0 fully saturated rings. The van der Waals surface area contributed by atoms with E-state index in [0.29, 0.717) is 0 Å². The Labute approximate surface area is 51.1 Å². The Kier molecular flexibility index (Phi) is 3.89. The number of aliphatic hydroxyl groups is 1. The third-order valence-electron chi connectivity index (χ3n) is 0.691. The number of rotatable bonds is 4.